The molecule has 4 saturated carbocycles. The molecule has 2 nitrogen and oxygen atoms in total. The summed E-state index contributed by atoms with van der Waals surface area (Å²) < 4.78 is 6.35. The highest BCUT2D eigenvalue weighted by Gasteiger charge is 2.52. The van der Waals surface area contributed by atoms with Crippen LogP contribution in [0.3, 0.4) is 0 Å². The van der Waals surface area contributed by atoms with Crippen LogP contribution in [0.1, 0.15) is 113 Å². The van der Waals surface area contributed by atoms with Gasteiger partial charge in [0.2, 0.25) is 0 Å². The molecule has 4 bridgehead atoms. The molecule has 30 heavy (non-hydrogen) atoms. The average Bonchev–Trinajstić information content (AvgIpc) is 2.71. The van der Waals surface area contributed by atoms with Crippen LogP contribution >= 0.6 is 11.6 Å². The molecule has 0 spiro atoms. The van der Waals surface area contributed by atoms with Gasteiger partial charge in [0.05, 0.1) is 6.61 Å². The van der Waals surface area contributed by atoms with Crippen LogP contribution in [0.4, 0.5) is 0 Å². The fraction of sp³-hybridized carbons (Fsp3) is 0.741. The minimum absolute atomic E-state index is 0.214. The first-order chi connectivity index (χ1) is 14.6. The maximum Gasteiger partial charge on any atom is 0.252 e. The molecule has 4 aliphatic carbocycles. The van der Waals surface area contributed by atoms with E-state index in [-0.39, 0.29) is 10.7 Å². The van der Waals surface area contributed by atoms with Crippen molar-refractivity contribution in [1.82, 2.24) is 0 Å². The van der Waals surface area contributed by atoms with Crippen molar-refractivity contribution >= 4 is 16.8 Å². The Morgan fingerprint density at radius 1 is 0.933 bits per heavy atom. The lowest BCUT2D eigenvalue weighted by Gasteiger charge is -2.57. The predicted octanol–water partition coefficient (Wildman–Crippen LogP) is 8.05. The Balaban J connectivity index is 1.38. The number of benzene rings is 1. The van der Waals surface area contributed by atoms with Crippen molar-refractivity contribution in [3.63, 3.8) is 0 Å². The number of carbonyl (C=O) groups is 1. The molecule has 0 heterocycles. The molecule has 166 valence electrons. The molecular formula is C27H39ClO2. The highest BCUT2D eigenvalue weighted by Crippen LogP contribution is 2.62. The van der Waals surface area contributed by atoms with E-state index in [1.165, 1.54) is 89.0 Å². The summed E-state index contributed by atoms with van der Waals surface area (Å²) >= 11 is 5.86. The maximum atomic E-state index is 11.9. The largest absolute Gasteiger partial charge is 0.493 e. The lowest BCUT2D eigenvalue weighted by atomic mass is 9.48. The molecule has 0 amide bonds. The number of hydrogen-bond acceptors (Lipinski definition) is 2. The van der Waals surface area contributed by atoms with E-state index in [4.69, 9.17) is 16.3 Å². The van der Waals surface area contributed by atoms with E-state index >= 15 is 0 Å². The van der Waals surface area contributed by atoms with Crippen molar-refractivity contribution in [3.05, 3.63) is 29.3 Å². The lowest BCUT2D eigenvalue weighted by molar-refractivity contribution is -0.00641. The molecule has 4 fully saturated rings. The zero-order valence-electron chi connectivity index (χ0n) is 18.8. The van der Waals surface area contributed by atoms with Crippen LogP contribution in [0.15, 0.2) is 18.2 Å². The molecule has 0 unspecified atom stereocenters. The molecular weight excluding hydrogens is 392 g/mol. The van der Waals surface area contributed by atoms with Crippen LogP contribution in [-0.4, -0.2) is 11.8 Å². The molecule has 0 radical (unpaired) electrons. The minimum Gasteiger partial charge on any atom is -0.493 e. The summed E-state index contributed by atoms with van der Waals surface area (Å²) in [7, 11) is 0. The van der Waals surface area contributed by atoms with Crippen LogP contribution in [0, 0.1) is 17.8 Å². The molecule has 0 aromatic heterocycles. The standard InChI is InChI=1S/C27H39ClO2/c1-2-3-4-5-6-7-8-9-12-30-25-11-10-23(26(28)29)16-24(25)27-17-20-13-21(18-27)15-22(14-20)19-27/h10-11,16,20-22H,2-9,12-15,17-19H2,1H3. The number of unbranched alkanes of at least 4 members (excludes halogenated alkanes) is 7. The average molecular weight is 431 g/mol. The Morgan fingerprint density at radius 3 is 2.07 bits per heavy atom. The van der Waals surface area contributed by atoms with Crippen LogP contribution < -0.4 is 4.74 Å². The van der Waals surface area contributed by atoms with Gasteiger partial charge >= 0.3 is 0 Å². The zero-order valence-corrected chi connectivity index (χ0v) is 19.5. The molecule has 0 saturated heterocycles. The Morgan fingerprint density at radius 2 is 1.50 bits per heavy atom. The number of rotatable bonds is 12. The summed E-state index contributed by atoms with van der Waals surface area (Å²) in [5.41, 5.74) is 2.13. The number of halogens is 1. The first-order valence-electron chi connectivity index (χ1n) is 12.6. The second kappa shape index (κ2) is 10.1. The summed E-state index contributed by atoms with van der Waals surface area (Å²) in [6.07, 6.45) is 18.5. The Bertz CT molecular complexity index is 690. The van der Waals surface area contributed by atoms with E-state index in [0.29, 0.717) is 5.56 Å². The third kappa shape index (κ3) is 5.06. The number of ether oxygens (including phenoxy) is 1. The van der Waals surface area contributed by atoms with E-state index < -0.39 is 0 Å². The quantitative estimate of drug-likeness (QED) is 0.247. The van der Waals surface area contributed by atoms with Crippen molar-refractivity contribution in [2.75, 3.05) is 6.61 Å². The molecule has 3 heteroatoms. The summed E-state index contributed by atoms with van der Waals surface area (Å²) in [6.45, 7) is 3.05. The van der Waals surface area contributed by atoms with E-state index in [9.17, 15) is 4.79 Å². The monoisotopic (exact) mass is 430 g/mol. The van der Waals surface area contributed by atoms with Crippen molar-refractivity contribution in [2.24, 2.45) is 17.8 Å². The van der Waals surface area contributed by atoms with Crippen LogP contribution in [-0.2, 0) is 5.41 Å². The third-order valence-corrected chi connectivity index (χ3v) is 8.29. The summed E-state index contributed by atoms with van der Waals surface area (Å²) in [5, 5.41) is -0.351. The van der Waals surface area contributed by atoms with Gasteiger partial charge in [0, 0.05) is 11.1 Å². The van der Waals surface area contributed by atoms with Crippen LogP contribution in [0.5, 0.6) is 5.75 Å². The van der Waals surface area contributed by atoms with Crippen molar-refractivity contribution in [1.29, 1.82) is 0 Å². The Kier molecular flexibility index (Phi) is 7.44. The summed E-state index contributed by atoms with van der Waals surface area (Å²) in [6, 6.07) is 5.95. The second-order valence-corrected chi connectivity index (χ2v) is 10.8. The SMILES string of the molecule is CCCCCCCCCCOc1ccc(C(=O)Cl)cc1C12CC3CC(CC(C3)C1)C2. The van der Waals surface area contributed by atoms with Crippen LogP contribution in [0.25, 0.3) is 0 Å². The predicted molar refractivity (Wildman–Crippen MR) is 125 cm³/mol. The number of carbonyl (C=O) groups excluding carboxylic acids is 1. The fourth-order valence-electron chi connectivity index (χ4n) is 7.05. The van der Waals surface area contributed by atoms with Crippen LogP contribution in [0.2, 0.25) is 0 Å². The van der Waals surface area contributed by atoms with Crippen molar-refractivity contribution < 1.29 is 9.53 Å². The van der Waals surface area contributed by atoms with E-state index in [2.05, 4.69) is 13.0 Å². The Labute approximate surface area is 188 Å². The van der Waals surface area contributed by atoms with E-state index in [0.717, 1.165) is 36.5 Å². The van der Waals surface area contributed by atoms with E-state index in [1.807, 2.05) is 12.1 Å². The van der Waals surface area contributed by atoms with Gasteiger partial charge in [-0.1, -0.05) is 51.9 Å². The van der Waals surface area contributed by atoms with Gasteiger partial charge in [0.25, 0.3) is 5.24 Å². The van der Waals surface area contributed by atoms with Gasteiger partial charge in [-0.2, -0.15) is 0 Å². The van der Waals surface area contributed by atoms with Gasteiger partial charge in [0.1, 0.15) is 5.75 Å². The summed E-state index contributed by atoms with van der Waals surface area (Å²) in [5.74, 6) is 3.62. The highest BCUT2D eigenvalue weighted by atomic mass is 35.5. The molecule has 5 rings (SSSR count). The van der Waals surface area contributed by atoms with Gasteiger partial charge in [-0.3, -0.25) is 4.79 Å². The summed E-state index contributed by atoms with van der Waals surface area (Å²) in [4.78, 5) is 11.9. The molecule has 1 aromatic rings. The smallest absolute Gasteiger partial charge is 0.252 e. The van der Waals surface area contributed by atoms with Gasteiger partial charge in [0.15, 0.2) is 0 Å². The van der Waals surface area contributed by atoms with E-state index in [1.54, 1.807) is 0 Å². The number of hydrogen-bond donors (Lipinski definition) is 0. The fourth-order valence-corrected chi connectivity index (χ4v) is 7.17. The van der Waals surface area contributed by atoms with Gasteiger partial charge in [-0.05, 0) is 97.9 Å². The topological polar surface area (TPSA) is 26.3 Å². The molecule has 0 aliphatic heterocycles. The van der Waals surface area contributed by atoms with Gasteiger partial charge < -0.3 is 4.74 Å². The molecule has 1 aromatic carbocycles. The second-order valence-electron chi connectivity index (χ2n) is 10.5. The van der Waals surface area contributed by atoms with Crippen molar-refractivity contribution in [3.8, 4) is 5.75 Å². The lowest BCUT2D eigenvalue weighted by Crippen LogP contribution is -2.48. The molecule has 4 aliphatic rings. The highest BCUT2D eigenvalue weighted by molar-refractivity contribution is 6.67. The van der Waals surface area contributed by atoms with Gasteiger partial charge in [-0.15, -0.1) is 0 Å². The normalized spacial score (nSPS) is 29.3. The third-order valence-electron chi connectivity index (χ3n) is 8.07. The first kappa shape index (κ1) is 22.2. The maximum absolute atomic E-state index is 11.9. The van der Waals surface area contributed by atoms with Gasteiger partial charge in [-0.25, -0.2) is 0 Å². The zero-order chi connectivity index (χ0) is 21.0. The Hall–Kier alpha value is -1.02. The first-order valence-corrected chi connectivity index (χ1v) is 12.9. The minimum atomic E-state index is -0.351. The molecule has 0 atom stereocenters. The molecule has 0 N–H and O–H groups in total. The van der Waals surface area contributed by atoms with Crippen molar-refractivity contribution in [2.45, 2.75) is 102 Å².